The van der Waals surface area contributed by atoms with Crippen LogP contribution in [0, 0.1) is 0 Å². The van der Waals surface area contributed by atoms with Crippen molar-refractivity contribution >= 4 is 63.6 Å². The number of nitrogen functional groups attached to an aromatic ring is 2. The minimum absolute atomic E-state index is 0.0294. The number of nitrogens with two attached hydrogens (primary N) is 3. The second kappa shape index (κ2) is 9.78. The summed E-state index contributed by atoms with van der Waals surface area (Å²) in [4.78, 5) is 58.9. The molecule has 2 aliphatic rings. The first-order valence-electron chi connectivity index (χ1n) is 10.1. The summed E-state index contributed by atoms with van der Waals surface area (Å²) in [6.07, 6.45) is 1.39. The van der Waals surface area contributed by atoms with E-state index in [2.05, 4.69) is 24.7 Å². The lowest BCUT2D eigenvalue weighted by Gasteiger charge is -2.50. The van der Waals surface area contributed by atoms with Crippen LogP contribution >= 0.6 is 23.3 Å². The SMILES string of the molecule is CO/N=C(\C(=O)N[C@@H]1C(=O)N2C(C(=O)[O-])=C(C[n+]3cc(C(N)=O)ccc3N)CS[C@@H]12)c1nsc(N)n1. The summed E-state index contributed by atoms with van der Waals surface area (Å²) in [6, 6.07) is 1.85. The fourth-order valence-corrected chi connectivity index (χ4v) is 5.42. The number of oxime groups is 1. The van der Waals surface area contributed by atoms with Crippen molar-refractivity contribution in [3.05, 3.63) is 41.0 Å². The highest BCUT2D eigenvalue weighted by atomic mass is 32.2. The molecule has 2 aromatic heterocycles. The van der Waals surface area contributed by atoms with Crippen molar-refractivity contribution in [1.82, 2.24) is 19.6 Å². The first-order chi connectivity index (χ1) is 17.1. The number of nitrogens with zero attached hydrogens (tertiary/aromatic N) is 5. The van der Waals surface area contributed by atoms with Crippen LogP contribution in [-0.2, 0) is 25.8 Å². The Morgan fingerprint density at radius 3 is 2.72 bits per heavy atom. The van der Waals surface area contributed by atoms with Crippen molar-refractivity contribution < 1.29 is 33.7 Å². The number of anilines is 2. The fourth-order valence-electron chi connectivity index (χ4n) is 3.65. The standard InChI is InChI=1S/C19H19N9O6S2/c1-34-25-10(14-24-19(22)36-26-14)15(30)23-11-16(31)28-12(18(32)33)8(6-35-17(11)28)5-27-4-7(13(21)29)2-3-9(27)20/h2-4,11,17,20H,5-6H2,1H3,(H6,21,22,23,24,26,29,30,32,33)/b25-10-/t11-,17+/m1/s1. The van der Waals surface area contributed by atoms with Crippen LogP contribution in [0.3, 0.4) is 0 Å². The molecule has 2 atom stereocenters. The lowest BCUT2D eigenvalue weighted by atomic mass is 10.0. The largest absolute Gasteiger partial charge is 0.543 e. The van der Waals surface area contributed by atoms with E-state index < -0.39 is 35.1 Å². The second-order valence-electron chi connectivity index (χ2n) is 7.51. The van der Waals surface area contributed by atoms with Gasteiger partial charge in [0.2, 0.25) is 11.5 Å². The smallest absolute Gasteiger partial charge is 0.278 e. The zero-order valence-electron chi connectivity index (χ0n) is 18.5. The Bertz CT molecular complexity index is 1340. The van der Waals surface area contributed by atoms with E-state index in [0.29, 0.717) is 5.57 Å². The Hall–Kier alpha value is -4.25. The van der Waals surface area contributed by atoms with Gasteiger partial charge in [-0.3, -0.25) is 25.0 Å². The van der Waals surface area contributed by atoms with Crippen LogP contribution in [0.4, 0.5) is 10.9 Å². The summed E-state index contributed by atoms with van der Waals surface area (Å²) in [5.74, 6) is -3.36. The van der Waals surface area contributed by atoms with E-state index in [1.165, 1.54) is 41.8 Å². The average Bonchev–Trinajstić information content (AvgIpc) is 3.27. The molecule has 0 unspecified atom stereocenters. The van der Waals surface area contributed by atoms with Gasteiger partial charge in [-0.15, -0.1) is 11.8 Å². The second-order valence-corrected chi connectivity index (χ2v) is 9.40. The van der Waals surface area contributed by atoms with Gasteiger partial charge in [0, 0.05) is 28.9 Å². The van der Waals surface area contributed by atoms with Gasteiger partial charge in [-0.2, -0.15) is 9.36 Å². The molecule has 1 saturated heterocycles. The third-order valence-electron chi connectivity index (χ3n) is 5.28. The average molecular weight is 534 g/mol. The summed E-state index contributed by atoms with van der Waals surface area (Å²) in [6.45, 7) is -0.0294. The molecule has 0 aromatic carbocycles. The van der Waals surface area contributed by atoms with Crippen LogP contribution in [0.1, 0.15) is 16.2 Å². The predicted octanol–water partition coefficient (Wildman–Crippen LogP) is -3.46. The zero-order chi connectivity index (χ0) is 26.1. The molecule has 1 fully saturated rings. The van der Waals surface area contributed by atoms with Gasteiger partial charge < -0.3 is 31.5 Å². The molecule has 7 N–H and O–H groups in total. The molecule has 0 spiro atoms. The van der Waals surface area contributed by atoms with Gasteiger partial charge in [-0.05, 0) is 6.07 Å². The number of nitrogens with one attached hydrogen (secondary N) is 1. The normalized spacial score (nSPS) is 19.4. The molecular weight excluding hydrogens is 514 g/mol. The number of hydrogen-bond acceptors (Lipinski definition) is 13. The Balaban J connectivity index is 1.56. The van der Waals surface area contributed by atoms with E-state index in [9.17, 15) is 24.3 Å². The van der Waals surface area contributed by atoms with Crippen molar-refractivity contribution in [1.29, 1.82) is 0 Å². The van der Waals surface area contributed by atoms with E-state index in [1.54, 1.807) is 0 Å². The maximum absolute atomic E-state index is 12.9. The number of β-lactam (4-membered cyclic amide) rings is 1. The topological polar surface area (TPSA) is 236 Å². The lowest BCUT2D eigenvalue weighted by Crippen LogP contribution is -2.71. The third kappa shape index (κ3) is 4.52. The highest BCUT2D eigenvalue weighted by molar-refractivity contribution is 8.00. The summed E-state index contributed by atoms with van der Waals surface area (Å²) in [7, 11) is 1.22. The minimum atomic E-state index is -1.57. The molecule has 4 rings (SSSR count). The molecular formula is C19H19N9O6S2. The Morgan fingerprint density at radius 1 is 1.36 bits per heavy atom. The van der Waals surface area contributed by atoms with E-state index >= 15 is 0 Å². The molecule has 0 aliphatic carbocycles. The number of aliphatic carboxylic acids is 1. The minimum Gasteiger partial charge on any atom is -0.543 e. The number of carboxylic acids is 1. The summed E-state index contributed by atoms with van der Waals surface area (Å²) in [5, 5.41) is 17.5. The number of pyridine rings is 1. The van der Waals surface area contributed by atoms with Crippen molar-refractivity contribution in [2.24, 2.45) is 10.9 Å². The summed E-state index contributed by atoms with van der Waals surface area (Å²) < 4.78 is 5.36. The Labute approximate surface area is 211 Å². The molecule has 2 aromatic rings. The number of hydrogen-bond donors (Lipinski definition) is 4. The third-order valence-corrected chi connectivity index (χ3v) is 7.17. The quantitative estimate of drug-likeness (QED) is 0.113. The van der Waals surface area contributed by atoms with Crippen molar-refractivity contribution in [2.45, 2.75) is 18.0 Å². The molecule has 3 amide bonds. The zero-order valence-corrected chi connectivity index (χ0v) is 20.2. The number of amides is 3. The van der Waals surface area contributed by atoms with E-state index in [0.717, 1.165) is 16.4 Å². The van der Waals surface area contributed by atoms with Crippen LogP contribution in [0.2, 0.25) is 0 Å². The van der Waals surface area contributed by atoms with Gasteiger partial charge in [-0.25, -0.2) is 4.57 Å². The number of primary amides is 1. The first-order valence-corrected chi connectivity index (χ1v) is 11.9. The maximum atomic E-state index is 12.9. The highest BCUT2D eigenvalue weighted by Crippen LogP contribution is 2.40. The number of thioether (sulfide) groups is 1. The molecule has 4 heterocycles. The number of carboxylic acid groups (broad SMARTS) is 1. The van der Waals surface area contributed by atoms with Crippen LogP contribution < -0.4 is 32.2 Å². The molecule has 0 bridgehead atoms. The molecule has 0 radical (unpaired) electrons. The van der Waals surface area contributed by atoms with Crippen LogP contribution in [0.25, 0.3) is 0 Å². The summed E-state index contributed by atoms with van der Waals surface area (Å²) in [5.41, 5.74) is 16.7. The van der Waals surface area contributed by atoms with Gasteiger partial charge in [0.15, 0.2) is 5.13 Å². The molecule has 15 nitrogen and oxygen atoms in total. The van der Waals surface area contributed by atoms with Gasteiger partial charge in [-0.1, -0.05) is 5.16 Å². The predicted molar refractivity (Wildman–Crippen MR) is 124 cm³/mol. The Kier molecular flexibility index (Phi) is 6.75. The van der Waals surface area contributed by atoms with Crippen molar-refractivity contribution in [3.63, 3.8) is 0 Å². The molecule has 36 heavy (non-hydrogen) atoms. The van der Waals surface area contributed by atoms with Gasteiger partial charge >= 0.3 is 0 Å². The highest BCUT2D eigenvalue weighted by Gasteiger charge is 2.53. The number of rotatable bonds is 8. The number of carbonyl (C=O) groups excluding carboxylic acids is 4. The number of fused-ring (bicyclic) bond motifs is 1. The van der Waals surface area contributed by atoms with Crippen molar-refractivity contribution in [3.8, 4) is 0 Å². The van der Waals surface area contributed by atoms with E-state index in [-0.39, 0.29) is 46.0 Å². The molecule has 0 saturated carbocycles. The lowest BCUT2D eigenvalue weighted by molar-refractivity contribution is -0.674. The number of carbonyl (C=O) groups is 4. The van der Waals surface area contributed by atoms with Crippen LogP contribution in [-0.4, -0.2) is 67.9 Å². The molecule has 17 heteroatoms. The molecule has 188 valence electrons. The molecule has 2 aliphatic heterocycles. The fraction of sp³-hybridized carbons (Fsp3) is 0.263. The van der Waals surface area contributed by atoms with Crippen LogP contribution in [0.15, 0.2) is 34.8 Å². The monoisotopic (exact) mass is 533 g/mol. The van der Waals surface area contributed by atoms with E-state index in [4.69, 9.17) is 17.2 Å². The van der Waals surface area contributed by atoms with E-state index in [1.807, 2.05) is 0 Å². The Morgan fingerprint density at radius 2 is 2.11 bits per heavy atom. The van der Waals surface area contributed by atoms with Gasteiger partial charge in [0.05, 0.1) is 17.2 Å². The summed E-state index contributed by atoms with van der Waals surface area (Å²) >= 11 is 2.08. The van der Waals surface area contributed by atoms with Gasteiger partial charge in [0.25, 0.3) is 23.5 Å². The first kappa shape index (κ1) is 24.9. The number of aromatic nitrogens is 3. The van der Waals surface area contributed by atoms with Crippen LogP contribution in [0.5, 0.6) is 0 Å². The van der Waals surface area contributed by atoms with Crippen molar-refractivity contribution in [2.75, 3.05) is 24.3 Å². The van der Waals surface area contributed by atoms with Gasteiger partial charge in [0.1, 0.15) is 31.3 Å². The maximum Gasteiger partial charge on any atom is 0.278 e.